The van der Waals surface area contributed by atoms with Gasteiger partial charge in [-0.15, -0.1) is 0 Å². The van der Waals surface area contributed by atoms with Crippen LogP contribution in [0.5, 0.6) is 0 Å². The third-order valence-electron chi connectivity index (χ3n) is 2.54. The maximum absolute atomic E-state index is 4.53. The summed E-state index contributed by atoms with van der Waals surface area (Å²) in [6.45, 7) is 2.15. The van der Waals surface area contributed by atoms with E-state index in [0.717, 1.165) is 24.7 Å². The smallest absolute Gasteiger partial charge is 0.224 e. The Morgan fingerprint density at radius 1 is 1.50 bits per heavy atom. The molecule has 0 spiro atoms. The molecule has 1 fully saturated rings. The molecular formula is C10H16N4. The van der Waals surface area contributed by atoms with Crippen molar-refractivity contribution in [3.05, 3.63) is 18.0 Å². The van der Waals surface area contributed by atoms with Crippen molar-refractivity contribution in [3.63, 3.8) is 0 Å². The van der Waals surface area contributed by atoms with E-state index in [1.165, 1.54) is 6.42 Å². The number of rotatable bonds is 2. The fourth-order valence-electron chi connectivity index (χ4n) is 1.71. The minimum absolute atomic E-state index is 0.566. The van der Waals surface area contributed by atoms with Crippen LogP contribution in [-0.2, 0) is 0 Å². The first kappa shape index (κ1) is 9.40. The molecule has 2 rings (SSSR count). The molecule has 1 atom stereocenters. The molecule has 0 radical (unpaired) electrons. The minimum Gasteiger partial charge on any atom is -0.347 e. The molecule has 0 unspecified atom stereocenters. The number of anilines is 1. The SMILES string of the molecule is CN(C)c1nccc([C@H]2CCNC2)n1. The molecule has 1 N–H and O–H groups in total. The van der Waals surface area contributed by atoms with Crippen molar-refractivity contribution in [2.75, 3.05) is 32.1 Å². The molecule has 1 saturated heterocycles. The number of nitrogens with zero attached hydrogens (tertiary/aromatic N) is 3. The number of nitrogens with one attached hydrogen (secondary N) is 1. The topological polar surface area (TPSA) is 41.1 Å². The van der Waals surface area contributed by atoms with E-state index in [-0.39, 0.29) is 0 Å². The highest BCUT2D eigenvalue weighted by Gasteiger charge is 2.18. The molecule has 2 heterocycles. The van der Waals surface area contributed by atoms with Gasteiger partial charge in [-0.1, -0.05) is 0 Å². The van der Waals surface area contributed by atoms with Crippen molar-refractivity contribution in [1.82, 2.24) is 15.3 Å². The van der Waals surface area contributed by atoms with Gasteiger partial charge in [0.1, 0.15) is 0 Å². The zero-order valence-electron chi connectivity index (χ0n) is 8.70. The van der Waals surface area contributed by atoms with Crippen molar-refractivity contribution >= 4 is 5.95 Å². The van der Waals surface area contributed by atoms with Gasteiger partial charge in [0.15, 0.2) is 0 Å². The monoisotopic (exact) mass is 192 g/mol. The Bertz CT molecular complexity index is 305. The van der Waals surface area contributed by atoms with Crippen LogP contribution >= 0.6 is 0 Å². The lowest BCUT2D eigenvalue weighted by atomic mass is 10.1. The predicted octanol–water partition coefficient (Wildman–Crippen LogP) is 0.619. The second kappa shape index (κ2) is 3.92. The lowest BCUT2D eigenvalue weighted by Crippen LogP contribution is -2.15. The summed E-state index contributed by atoms with van der Waals surface area (Å²) < 4.78 is 0. The Kier molecular flexibility index (Phi) is 2.63. The summed E-state index contributed by atoms with van der Waals surface area (Å²) in [6.07, 6.45) is 3.03. The average molecular weight is 192 g/mol. The van der Waals surface area contributed by atoms with Gasteiger partial charge in [0.25, 0.3) is 0 Å². The van der Waals surface area contributed by atoms with E-state index in [0.29, 0.717) is 5.92 Å². The van der Waals surface area contributed by atoms with Gasteiger partial charge in [-0.2, -0.15) is 0 Å². The van der Waals surface area contributed by atoms with Crippen LogP contribution in [-0.4, -0.2) is 37.2 Å². The van der Waals surface area contributed by atoms with E-state index in [9.17, 15) is 0 Å². The Morgan fingerprint density at radius 2 is 2.36 bits per heavy atom. The molecule has 14 heavy (non-hydrogen) atoms. The normalized spacial score (nSPS) is 21.1. The molecule has 4 heteroatoms. The molecule has 0 amide bonds. The van der Waals surface area contributed by atoms with Gasteiger partial charge in [0, 0.05) is 32.8 Å². The Morgan fingerprint density at radius 3 is 3.00 bits per heavy atom. The van der Waals surface area contributed by atoms with E-state index in [4.69, 9.17) is 0 Å². The first-order valence-corrected chi connectivity index (χ1v) is 4.98. The van der Waals surface area contributed by atoms with E-state index in [1.54, 1.807) is 0 Å². The van der Waals surface area contributed by atoms with Crippen molar-refractivity contribution in [2.24, 2.45) is 0 Å². The van der Waals surface area contributed by atoms with Crippen LogP contribution in [0.25, 0.3) is 0 Å². The van der Waals surface area contributed by atoms with Crippen molar-refractivity contribution in [1.29, 1.82) is 0 Å². The number of hydrogen-bond acceptors (Lipinski definition) is 4. The lowest BCUT2D eigenvalue weighted by molar-refractivity contribution is 0.728. The second-order valence-electron chi connectivity index (χ2n) is 3.87. The minimum atomic E-state index is 0.566. The molecule has 0 aromatic carbocycles. The summed E-state index contributed by atoms with van der Waals surface area (Å²) >= 11 is 0. The predicted molar refractivity (Wildman–Crippen MR) is 56.6 cm³/mol. The van der Waals surface area contributed by atoms with Crippen LogP contribution in [0.3, 0.4) is 0 Å². The molecule has 0 aliphatic carbocycles. The maximum atomic E-state index is 4.53. The van der Waals surface area contributed by atoms with Gasteiger partial charge in [-0.3, -0.25) is 0 Å². The van der Waals surface area contributed by atoms with Crippen LogP contribution in [0, 0.1) is 0 Å². The van der Waals surface area contributed by atoms with E-state index < -0.39 is 0 Å². The molecule has 1 aromatic heterocycles. The van der Waals surface area contributed by atoms with E-state index in [2.05, 4.69) is 15.3 Å². The molecule has 1 aliphatic heterocycles. The van der Waals surface area contributed by atoms with Gasteiger partial charge >= 0.3 is 0 Å². The fraction of sp³-hybridized carbons (Fsp3) is 0.600. The molecule has 0 saturated carbocycles. The van der Waals surface area contributed by atoms with Gasteiger partial charge in [-0.25, -0.2) is 9.97 Å². The lowest BCUT2D eigenvalue weighted by Gasteiger charge is -2.13. The summed E-state index contributed by atoms with van der Waals surface area (Å²) in [5, 5.41) is 3.35. The summed E-state index contributed by atoms with van der Waals surface area (Å²) in [5.41, 5.74) is 1.16. The summed E-state index contributed by atoms with van der Waals surface area (Å²) in [6, 6.07) is 2.02. The molecular weight excluding hydrogens is 176 g/mol. The highest BCUT2D eigenvalue weighted by atomic mass is 15.2. The molecule has 4 nitrogen and oxygen atoms in total. The third kappa shape index (κ3) is 1.85. The van der Waals surface area contributed by atoms with Gasteiger partial charge in [0.05, 0.1) is 5.69 Å². The van der Waals surface area contributed by atoms with E-state index in [1.807, 2.05) is 31.3 Å². The Balaban J connectivity index is 2.21. The molecule has 1 aliphatic rings. The standard InChI is InChI=1S/C10H16N4/c1-14(2)10-12-6-4-9(13-10)8-3-5-11-7-8/h4,6,8,11H,3,5,7H2,1-2H3/t8-/m0/s1. The highest BCUT2D eigenvalue weighted by molar-refractivity contribution is 5.28. The van der Waals surface area contributed by atoms with Crippen molar-refractivity contribution < 1.29 is 0 Å². The zero-order valence-corrected chi connectivity index (χ0v) is 8.70. The Labute approximate surface area is 84.4 Å². The zero-order chi connectivity index (χ0) is 9.97. The second-order valence-corrected chi connectivity index (χ2v) is 3.87. The van der Waals surface area contributed by atoms with Crippen LogP contribution in [0.15, 0.2) is 12.3 Å². The average Bonchev–Trinajstić information content (AvgIpc) is 2.71. The highest BCUT2D eigenvalue weighted by Crippen LogP contribution is 2.20. The Hall–Kier alpha value is -1.16. The van der Waals surface area contributed by atoms with Crippen molar-refractivity contribution in [2.45, 2.75) is 12.3 Å². The van der Waals surface area contributed by atoms with Crippen LogP contribution < -0.4 is 10.2 Å². The van der Waals surface area contributed by atoms with Crippen LogP contribution in [0.4, 0.5) is 5.95 Å². The van der Waals surface area contributed by atoms with Gasteiger partial charge in [0.2, 0.25) is 5.95 Å². The summed E-state index contributed by atoms with van der Waals surface area (Å²) in [4.78, 5) is 10.7. The molecule has 1 aromatic rings. The van der Waals surface area contributed by atoms with Crippen molar-refractivity contribution in [3.8, 4) is 0 Å². The first-order valence-electron chi connectivity index (χ1n) is 4.98. The van der Waals surface area contributed by atoms with Crippen LogP contribution in [0.1, 0.15) is 18.0 Å². The number of aromatic nitrogens is 2. The van der Waals surface area contributed by atoms with Gasteiger partial charge in [-0.05, 0) is 19.0 Å². The quantitative estimate of drug-likeness (QED) is 0.745. The largest absolute Gasteiger partial charge is 0.347 e. The first-order chi connectivity index (χ1) is 6.77. The van der Waals surface area contributed by atoms with Gasteiger partial charge < -0.3 is 10.2 Å². The number of hydrogen-bond donors (Lipinski definition) is 1. The molecule has 76 valence electrons. The summed E-state index contributed by atoms with van der Waals surface area (Å²) in [5.74, 6) is 1.37. The van der Waals surface area contributed by atoms with Crippen LogP contribution in [0.2, 0.25) is 0 Å². The summed E-state index contributed by atoms with van der Waals surface area (Å²) in [7, 11) is 3.93. The van der Waals surface area contributed by atoms with E-state index >= 15 is 0 Å². The maximum Gasteiger partial charge on any atom is 0.224 e. The third-order valence-corrected chi connectivity index (χ3v) is 2.54. The molecule has 0 bridgehead atoms. The fourth-order valence-corrected chi connectivity index (χ4v) is 1.71.